The molecule has 1 fully saturated rings. The van der Waals surface area contributed by atoms with E-state index in [1.165, 1.54) is 0 Å². The van der Waals surface area contributed by atoms with Crippen LogP contribution < -0.4 is 5.32 Å². The molecule has 1 aliphatic carbocycles. The Morgan fingerprint density at radius 2 is 2.56 bits per heavy atom. The van der Waals surface area contributed by atoms with Crippen LogP contribution in [0.3, 0.4) is 0 Å². The van der Waals surface area contributed by atoms with Gasteiger partial charge in [0.1, 0.15) is 0 Å². The Morgan fingerprint density at radius 3 is 2.67 bits per heavy atom. The summed E-state index contributed by atoms with van der Waals surface area (Å²) < 4.78 is 0. The first-order valence-electron chi connectivity index (χ1n) is 3.16. The minimum absolute atomic E-state index is 0.109. The summed E-state index contributed by atoms with van der Waals surface area (Å²) in [5, 5.41) is 2.70. The lowest BCUT2D eigenvalue weighted by atomic mass is 9.58. The number of rotatable bonds is 2. The Balaban J connectivity index is 2.43. The van der Waals surface area contributed by atoms with Crippen molar-refractivity contribution in [1.29, 1.82) is 0 Å². The summed E-state index contributed by atoms with van der Waals surface area (Å²) >= 11 is 0. The number of amides is 1. The van der Waals surface area contributed by atoms with E-state index in [0.717, 1.165) is 19.3 Å². The molecule has 0 aromatic carbocycles. The van der Waals surface area contributed by atoms with Gasteiger partial charge in [-0.3, -0.25) is 4.79 Å². The number of hydrogen-bond acceptors (Lipinski definition) is 1. The lowest BCUT2D eigenvalue weighted by Crippen LogP contribution is -2.52. The second kappa shape index (κ2) is 2.05. The van der Waals surface area contributed by atoms with Crippen molar-refractivity contribution >= 4 is 14.3 Å². The van der Waals surface area contributed by atoms with Crippen molar-refractivity contribution in [2.24, 2.45) is 0 Å². The van der Waals surface area contributed by atoms with Crippen molar-refractivity contribution in [2.75, 3.05) is 0 Å². The summed E-state index contributed by atoms with van der Waals surface area (Å²) in [6.45, 7) is 1.97. The lowest BCUT2D eigenvalue weighted by Gasteiger charge is -2.45. The van der Waals surface area contributed by atoms with Gasteiger partial charge in [-0.1, -0.05) is 12.2 Å². The maximum Gasteiger partial charge on any atom is 0.207 e. The third-order valence-electron chi connectivity index (χ3n) is 2.18. The highest BCUT2D eigenvalue weighted by molar-refractivity contribution is 6.13. The SMILES string of the molecule is [B][C@H]1CC[C@@]1(C)NC=O. The molecular weight excluding hydrogens is 113 g/mol. The summed E-state index contributed by atoms with van der Waals surface area (Å²) in [6, 6.07) is 0. The Kier molecular flexibility index (Phi) is 1.51. The molecule has 1 aliphatic rings. The van der Waals surface area contributed by atoms with E-state index in [1.54, 1.807) is 0 Å². The summed E-state index contributed by atoms with van der Waals surface area (Å²) in [5.74, 6) is 0.155. The predicted octanol–water partition coefficient (Wildman–Crippen LogP) is 0.242. The quantitative estimate of drug-likeness (QED) is 0.413. The summed E-state index contributed by atoms with van der Waals surface area (Å²) in [5.41, 5.74) is -0.109. The summed E-state index contributed by atoms with van der Waals surface area (Å²) in [4.78, 5) is 9.99. The van der Waals surface area contributed by atoms with Crippen LogP contribution in [-0.4, -0.2) is 19.8 Å². The van der Waals surface area contributed by atoms with Gasteiger partial charge in [0, 0.05) is 5.54 Å². The van der Waals surface area contributed by atoms with Gasteiger partial charge >= 0.3 is 0 Å². The molecule has 0 unspecified atom stereocenters. The smallest absolute Gasteiger partial charge is 0.207 e. The van der Waals surface area contributed by atoms with Crippen LogP contribution in [0.2, 0.25) is 5.82 Å². The van der Waals surface area contributed by atoms with E-state index in [4.69, 9.17) is 7.85 Å². The number of nitrogens with one attached hydrogen (secondary N) is 1. The van der Waals surface area contributed by atoms with Gasteiger partial charge in [-0.05, 0) is 13.3 Å². The number of carbonyl (C=O) groups is 1. The first-order chi connectivity index (χ1) is 4.19. The highest BCUT2D eigenvalue weighted by Gasteiger charge is 2.38. The standard InChI is InChI=1S/C6H10BNO/c1-6(8-4-9)3-2-5(6)7/h4-5H,2-3H2,1H3,(H,8,9)/t5-,6+/m0/s1. The zero-order chi connectivity index (χ0) is 6.91. The van der Waals surface area contributed by atoms with Gasteiger partial charge in [-0.25, -0.2) is 0 Å². The van der Waals surface area contributed by atoms with Crippen molar-refractivity contribution in [3.63, 3.8) is 0 Å². The van der Waals surface area contributed by atoms with Crippen LogP contribution in [0.25, 0.3) is 0 Å². The maximum absolute atomic E-state index is 9.99. The molecule has 48 valence electrons. The molecule has 2 radical (unpaired) electrons. The Bertz CT molecular complexity index is 128. The van der Waals surface area contributed by atoms with Crippen molar-refractivity contribution < 1.29 is 4.79 Å². The molecule has 0 heterocycles. The Hall–Kier alpha value is -0.465. The molecule has 2 nitrogen and oxygen atoms in total. The summed E-state index contributed by atoms with van der Waals surface area (Å²) in [6.07, 6.45) is 2.75. The minimum atomic E-state index is -0.109. The third kappa shape index (κ3) is 0.957. The predicted molar refractivity (Wildman–Crippen MR) is 36.3 cm³/mol. The van der Waals surface area contributed by atoms with Crippen LogP contribution in [0.1, 0.15) is 19.8 Å². The van der Waals surface area contributed by atoms with Gasteiger partial charge in [-0.2, -0.15) is 0 Å². The fourth-order valence-corrected chi connectivity index (χ4v) is 1.06. The van der Waals surface area contributed by atoms with Crippen molar-refractivity contribution in [1.82, 2.24) is 5.32 Å². The highest BCUT2D eigenvalue weighted by Crippen LogP contribution is 2.40. The zero-order valence-electron chi connectivity index (χ0n) is 5.55. The molecule has 0 saturated heterocycles. The molecule has 1 saturated carbocycles. The van der Waals surface area contributed by atoms with Crippen LogP contribution in [0, 0.1) is 0 Å². The lowest BCUT2D eigenvalue weighted by molar-refractivity contribution is -0.111. The fourth-order valence-electron chi connectivity index (χ4n) is 1.06. The molecule has 0 spiro atoms. The van der Waals surface area contributed by atoms with E-state index in [9.17, 15) is 4.79 Å². The second-order valence-electron chi connectivity index (χ2n) is 2.82. The fraction of sp³-hybridized carbons (Fsp3) is 0.833. The molecule has 0 aromatic rings. The van der Waals surface area contributed by atoms with Crippen LogP contribution >= 0.6 is 0 Å². The van der Waals surface area contributed by atoms with Crippen LogP contribution in [0.4, 0.5) is 0 Å². The van der Waals surface area contributed by atoms with E-state index < -0.39 is 0 Å². The molecule has 2 atom stereocenters. The second-order valence-corrected chi connectivity index (χ2v) is 2.82. The molecule has 9 heavy (non-hydrogen) atoms. The van der Waals surface area contributed by atoms with Gasteiger partial charge < -0.3 is 5.32 Å². The first kappa shape index (κ1) is 6.65. The Morgan fingerprint density at radius 1 is 1.89 bits per heavy atom. The molecule has 1 amide bonds. The van der Waals surface area contributed by atoms with E-state index >= 15 is 0 Å². The minimum Gasteiger partial charge on any atom is -0.354 e. The van der Waals surface area contributed by atoms with Crippen LogP contribution in [0.5, 0.6) is 0 Å². The van der Waals surface area contributed by atoms with E-state index in [2.05, 4.69) is 5.32 Å². The number of carbonyl (C=O) groups excluding carboxylic acids is 1. The molecule has 0 aromatic heterocycles. The Labute approximate surface area is 56.4 Å². The normalized spacial score (nSPS) is 41.2. The zero-order valence-corrected chi connectivity index (χ0v) is 5.55. The molecule has 1 N–H and O–H groups in total. The number of hydrogen-bond donors (Lipinski definition) is 1. The van der Waals surface area contributed by atoms with Gasteiger partial charge in [0.05, 0.1) is 7.85 Å². The monoisotopic (exact) mass is 123 g/mol. The topological polar surface area (TPSA) is 29.1 Å². The largest absolute Gasteiger partial charge is 0.354 e. The van der Waals surface area contributed by atoms with Crippen molar-refractivity contribution in [3.05, 3.63) is 0 Å². The highest BCUT2D eigenvalue weighted by atomic mass is 16.1. The molecule has 0 bridgehead atoms. The summed E-state index contributed by atoms with van der Waals surface area (Å²) in [7, 11) is 5.62. The average molecular weight is 123 g/mol. The van der Waals surface area contributed by atoms with Gasteiger partial charge in [-0.15, -0.1) is 0 Å². The molecular formula is C6H10BNO. The van der Waals surface area contributed by atoms with Crippen molar-refractivity contribution in [3.8, 4) is 0 Å². The van der Waals surface area contributed by atoms with Crippen LogP contribution in [-0.2, 0) is 4.79 Å². The van der Waals surface area contributed by atoms with E-state index in [0.29, 0.717) is 0 Å². The van der Waals surface area contributed by atoms with E-state index in [-0.39, 0.29) is 11.4 Å². The first-order valence-corrected chi connectivity index (χ1v) is 3.16. The van der Waals surface area contributed by atoms with Gasteiger partial charge in [0.15, 0.2) is 0 Å². The maximum atomic E-state index is 9.99. The third-order valence-corrected chi connectivity index (χ3v) is 2.18. The van der Waals surface area contributed by atoms with Crippen LogP contribution in [0.15, 0.2) is 0 Å². The average Bonchev–Trinajstić information content (AvgIpc) is 1.86. The van der Waals surface area contributed by atoms with Gasteiger partial charge in [0.25, 0.3) is 0 Å². The van der Waals surface area contributed by atoms with Crippen molar-refractivity contribution in [2.45, 2.75) is 31.1 Å². The molecule has 3 heteroatoms. The molecule has 1 rings (SSSR count). The van der Waals surface area contributed by atoms with E-state index in [1.807, 2.05) is 6.92 Å². The van der Waals surface area contributed by atoms with Gasteiger partial charge in [0.2, 0.25) is 6.41 Å². The molecule has 0 aliphatic heterocycles.